The quantitative estimate of drug-likeness (QED) is 0.252. The lowest BCUT2D eigenvalue weighted by Crippen LogP contribution is -2.31. The van der Waals surface area contributed by atoms with E-state index in [1.807, 2.05) is 0 Å². The Labute approximate surface area is 228 Å². The average molecular weight is 608 g/mol. The van der Waals surface area contributed by atoms with Gasteiger partial charge >= 0.3 is 0 Å². The fourth-order valence-electron chi connectivity index (χ4n) is 5.66. The highest BCUT2D eigenvalue weighted by molar-refractivity contribution is 9.09. The minimum atomic E-state index is -0.430. The standard InChI is InChI=1S/C30H40Br2O3/c1-19-13-21(17-29(3,4)9-7-11-31)15-23-25(19)33-28-24-16-22(18-30(5,6)10-8-12-32)14-20(2)26(24)34-27(23)35-28/h13-16,27-28H,7-12,17-18H2,1-6H3. The van der Waals surface area contributed by atoms with Gasteiger partial charge in [-0.25, -0.2) is 0 Å². The molecule has 4 rings (SSSR count). The van der Waals surface area contributed by atoms with Crippen molar-refractivity contribution >= 4 is 31.9 Å². The molecule has 2 aliphatic heterocycles. The average Bonchev–Trinajstić information content (AvgIpc) is 2.77. The van der Waals surface area contributed by atoms with Crippen LogP contribution in [0.3, 0.4) is 0 Å². The number of ether oxygens (including phenoxy) is 3. The molecule has 0 aromatic heterocycles. The first kappa shape index (κ1) is 27.0. The van der Waals surface area contributed by atoms with Crippen LogP contribution in [-0.4, -0.2) is 10.7 Å². The van der Waals surface area contributed by atoms with E-state index >= 15 is 0 Å². The van der Waals surface area contributed by atoms with Gasteiger partial charge < -0.3 is 9.47 Å². The maximum Gasteiger partial charge on any atom is 0.233 e. The summed E-state index contributed by atoms with van der Waals surface area (Å²) in [6.07, 6.45) is 5.92. The smallest absolute Gasteiger partial charge is 0.233 e. The summed E-state index contributed by atoms with van der Waals surface area (Å²) in [6.45, 7) is 13.7. The van der Waals surface area contributed by atoms with Crippen molar-refractivity contribution in [1.29, 1.82) is 0 Å². The Kier molecular flexibility index (Phi) is 8.30. The van der Waals surface area contributed by atoms with Gasteiger partial charge in [0.2, 0.25) is 12.6 Å². The van der Waals surface area contributed by atoms with Gasteiger partial charge in [0.25, 0.3) is 0 Å². The van der Waals surface area contributed by atoms with E-state index in [1.165, 1.54) is 36.8 Å². The molecule has 192 valence electrons. The first-order valence-corrected chi connectivity index (χ1v) is 15.1. The first-order chi connectivity index (χ1) is 16.5. The molecule has 0 saturated heterocycles. The van der Waals surface area contributed by atoms with Crippen molar-refractivity contribution in [3.63, 3.8) is 0 Å². The predicted octanol–water partition coefficient (Wildman–Crippen LogP) is 9.29. The van der Waals surface area contributed by atoms with Crippen molar-refractivity contribution in [2.45, 2.75) is 92.6 Å². The lowest BCUT2D eigenvalue weighted by Gasteiger charge is -2.40. The summed E-state index contributed by atoms with van der Waals surface area (Å²) in [5, 5.41) is 2.10. The van der Waals surface area contributed by atoms with Crippen LogP contribution in [0.4, 0.5) is 0 Å². The third kappa shape index (κ3) is 6.27. The molecule has 3 nitrogen and oxygen atoms in total. The molecule has 2 aliphatic rings. The third-order valence-electron chi connectivity index (χ3n) is 7.27. The van der Waals surface area contributed by atoms with Crippen LogP contribution in [0, 0.1) is 24.7 Å². The van der Waals surface area contributed by atoms with Crippen molar-refractivity contribution in [1.82, 2.24) is 0 Å². The monoisotopic (exact) mass is 606 g/mol. The molecule has 0 amide bonds. The number of halogens is 2. The molecule has 0 fully saturated rings. The Bertz CT molecular complexity index is 977. The van der Waals surface area contributed by atoms with E-state index in [2.05, 4.69) is 97.7 Å². The molecule has 35 heavy (non-hydrogen) atoms. The van der Waals surface area contributed by atoms with Crippen LogP contribution in [0.15, 0.2) is 24.3 Å². The van der Waals surface area contributed by atoms with Gasteiger partial charge in [-0.1, -0.05) is 71.7 Å². The zero-order valence-corrected chi connectivity index (χ0v) is 25.3. The van der Waals surface area contributed by atoms with Gasteiger partial charge in [-0.3, -0.25) is 4.74 Å². The van der Waals surface area contributed by atoms with E-state index < -0.39 is 12.6 Å². The second-order valence-corrected chi connectivity index (χ2v) is 13.6. The lowest BCUT2D eigenvalue weighted by atomic mass is 9.81. The van der Waals surface area contributed by atoms with Crippen molar-refractivity contribution in [2.24, 2.45) is 10.8 Å². The zero-order chi connectivity index (χ0) is 25.4. The number of hydrogen-bond donors (Lipinski definition) is 0. The van der Waals surface area contributed by atoms with Crippen LogP contribution in [0.1, 0.15) is 99.3 Å². The molecular formula is C30H40Br2O3. The Morgan fingerprint density at radius 3 is 1.46 bits per heavy atom. The highest BCUT2D eigenvalue weighted by Crippen LogP contribution is 2.50. The molecule has 0 radical (unpaired) electrons. The van der Waals surface area contributed by atoms with Gasteiger partial charge in [0.1, 0.15) is 11.5 Å². The van der Waals surface area contributed by atoms with E-state index in [4.69, 9.17) is 14.2 Å². The van der Waals surface area contributed by atoms with Crippen LogP contribution >= 0.6 is 31.9 Å². The maximum atomic E-state index is 6.50. The van der Waals surface area contributed by atoms with Gasteiger partial charge in [-0.15, -0.1) is 0 Å². The highest BCUT2D eigenvalue weighted by Gasteiger charge is 2.40. The van der Waals surface area contributed by atoms with Crippen LogP contribution < -0.4 is 9.47 Å². The Morgan fingerprint density at radius 1 is 0.686 bits per heavy atom. The topological polar surface area (TPSA) is 27.7 Å². The number of alkyl halides is 2. The molecule has 2 unspecified atom stereocenters. The van der Waals surface area contributed by atoms with Crippen molar-refractivity contribution in [3.8, 4) is 11.5 Å². The van der Waals surface area contributed by atoms with Gasteiger partial charge in [-0.05, 0) is 97.6 Å². The van der Waals surface area contributed by atoms with Gasteiger partial charge in [0.05, 0.1) is 11.1 Å². The van der Waals surface area contributed by atoms with Gasteiger partial charge in [-0.2, -0.15) is 0 Å². The molecule has 2 aromatic rings. The summed E-state index contributed by atoms with van der Waals surface area (Å²) in [5.41, 5.74) is 7.45. The minimum absolute atomic E-state index is 0.239. The minimum Gasteiger partial charge on any atom is -0.459 e. The molecule has 0 N–H and O–H groups in total. The first-order valence-electron chi connectivity index (χ1n) is 12.9. The summed E-state index contributed by atoms with van der Waals surface area (Å²) in [4.78, 5) is 0. The number of rotatable bonds is 10. The van der Waals surface area contributed by atoms with E-state index in [9.17, 15) is 0 Å². The Balaban J connectivity index is 1.60. The number of hydrogen-bond acceptors (Lipinski definition) is 3. The van der Waals surface area contributed by atoms with Crippen molar-refractivity contribution in [2.75, 3.05) is 10.7 Å². The van der Waals surface area contributed by atoms with Crippen LogP contribution in [0.5, 0.6) is 11.5 Å². The fourth-order valence-corrected chi connectivity index (χ4v) is 6.22. The summed E-state index contributed by atoms with van der Waals surface area (Å²) in [5.74, 6) is 1.83. The maximum absolute atomic E-state index is 6.50. The van der Waals surface area contributed by atoms with E-state index in [-0.39, 0.29) is 10.8 Å². The lowest BCUT2D eigenvalue weighted by molar-refractivity contribution is -0.228. The molecule has 2 bridgehead atoms. The van der Waals surface area contributed by atoms with E-state index in [0.29, 0.717) is 0 Å². The van der Waals surface area contributed by atoms with Gasteiger partial charge in [0, 0.05) is 10.7 Å². The van der Waals surface area contributed by atoms with Crippen LogP contribution in [-0.2, 0) is 17.6 Å². The Morgan fingerprint density at radius 2 is 1.09 bits per heavy atom. The predicted molar refractivity (Wildman–Crippen MR) is 151 cm³/mol. The highest BCUT2D eigenvalue weighted by atomic mass is 79.9. The normalized spacial score (nSPS) is 19.0. The molecule has 2 aromatic carbocycles. The molecule has 2 atom stereocenters. The van der Waals surface area contributed by atoms with Crippen LogP contribution in [0.2, 0.25) is 0 Å². The second-order valence-electron chi connectivity index (χ2n) is 12.0. The van der Waals surface area contributed by atoms with E-state index in [1.54, 1.807) is 0 Å². The summed E-state index contributed by atoms with van der Waals surface area (Å²) < 4.78 is 19.3. The van der Waals surface area contributed by atoms with Crippen molar-refractivity contribution in [3.05, 3.63) is 57.6 Å². The van der Waals surface area contributed by atoms with Gasteiger partial charge in [0.15, 0.2) is 0 Å². The van der Waals surface area contributed by atoms with E-state index in [0.717, 1.165) is 57.3 Å². The summed E-state index contributed by atoms with van der Waals surface area (Å²) in [7, 11) is 0. The molecule has 0 saturated carbocycles. The largest absolute Gasteiger partial charge is 0.459 e. The second kappa shape index (κ2) is 10.8. The number of benzene rings is 2. The molecule has 5 heteroatoms. The molecule has 0 aliphatic carbocycles. The molecular weight excluding hydrogens is 568 g/mol. The Hall–Kier alpha value is -1.04. The zero-order valence-electron chi connectivity index (χ0n) is 22.1. The fraction of sp³-hybridized carbons (Fsp3) is 0.600. The SMILES string of the molecule is Cc1cc(CC(C)(C)CCCBr)cc2c1OC1OC2Oc2c(C)cc(CC(C)(C)CCCBr)cc21. The molecule has 0 spiro atoms. The molecule has 2 heterocycles. The van der Waals surface area contributed by atoms with Crippen molar-refractivity contribution < 1.29 is 14.2 Å². The summed E-state index contributed by atoms with van der Waals surface area (Å²) in [6, 6.07) is 9.04. The number of aryl methyl sites for hydroxylation is 2. The number of fused-ring (bicyclic) bond motifs is 6. The third-order valence-corrected chi connectivity index (χ3v) is 8.39. The van der Waals surface area contributed by atoms with Crippen LogP contribution in [0.25, 0.3) is 0 Å². The summed E-state index contributed by atoms with van der Waals surface area (Å²) >= 11 is 7.15.